The minimum Gasteiger partial charge on any atom is -0.497 e. The van der Waals surface area contributed by atoms with Crippen molar-refractivity contribution in [3.05, 3.63) is 60.2 Å². The maximum atomic E-state index is 12.0. The largest absolute Gasteiger partial charge is 0.497 e. The number of nitrogens with zero attached hydrogens (tertiary/aromatic N) is 2. The number of hydrogen-bond acceptors (Lipinski definition) is 5. The molecule has 150 valence electrons. The van der Waals surface area contributed by atoms with Crippen LogP contribution in [-0.4, -0.2) is 62.9 Å². The van der Waals surface area contributed by atoms with Crippen molar-refractivity contribution in [1.82, 2.24) is 10.2 Å². The number of hydrogen-bond donors (Lipinski definition) is 1. The van der Waals surface area contributed by atoms with E-state index in [1.165, 1.54) is 11.3 Å². The number of carbonyl (C=O) groups excluding carboxylic acids is 1. The highest BCUT2D eigenvalue weighted by Crippen LogP contribution is 2.20. The van der Waals surface area contributed by atoms with Gasteiger partial charge in [-0.15, -0.1) is 11.8 Å². The lowest BCUT2D eigenvalue weighted by atomic mass is 10.2. The SMILES string of the molecule is COc1ccc(N2CCN(CCNC(=O)CSCc3ccccc3)CC2)cc1. The third kappa shape index (κ3) is 6.46. The molecule has 1 aliphatic rings. The third-order valence-electron chi connectivity index (χ3n) is 4.90. The molecule has 0 unspecified atom stereocenters. The molecule has 0 aliphatic carbocycles. The number of thioether (sulfide) groups is 1. The summed E-state index contributed by atoms with van der Waals surface area (Å²) in [4.78, 5) is 16.8. The van der Waals surface area contributed by atoms with Gasteiger partial charge in [-0.2, -0.15) is 0 Å². The van der Waals surface area contributed by atoms with E-state index in [0.29, 0.717) is 12.3 Å². The lowest BCUT2D eigenvalue weighted by Gasteiger charge is -2.36. The molecule has 28 heavy (non-hydrogen) atoms. The second-order valence-electron chi connectivity index (χ2n) is 6.86. The second kappa shape index (κ2) is 11.0. The van der Waals surface area contributed by atoms with E-state index in [4.69, 9.17) is 4.74 Å². The van der Waals surface area contributed by atoms with E-state index in [1.807, 2.05) is 30.3 Å². The highest BCUT2D eigenvalue weighted by Gasteiger charge is 2.17. The Kier molecular flexibility index (Phi) is 8.06. The van der Waals surface area contributed by atoms with Gasteiger partial charge in [-0.3, -0.25) is 9.69 Å². The topological polar surface area (TPSA) is 44.8 Å². The zero-order chi connectivity index (χ0) is 19.6. The van der Waals surface area contributed by atoms with Gasteiger partial charge in [-0.25, -0.2) is 0 Å². The molecule has 5 nitrogen and oxygen atoms in total. The van der Waals surface area contributed by atoms with Crippen LogP contribution in [0.15, 0.2) is 54.6 Å². The third-order valence-corrected chi connectivity index (χ3v) is 5.91. The molecule has 0 aromatic heterocycles. The molecular weight excluding hydrogens is 370 g/mol. The molecule has 0 atom stereocenters. The maximum absolute atomic E-state index is 12.0. The Morgan fingerprint density at radius 2 is 1.75 bits per heavy atom. The number of amides is 1. The number of rotatable bonds is 9. The fraction of sp³-hybridized carbons (Fsp3) is 0.409. The molecule has 0 bridgehead atoms. The van der Waals surface area contributed by atoms with Crippen LogP contribution in [0.5, 0.6) is 5.75 Å². The van der Waals surface area contributed by atoms with Crippen molar-refractivity contribution in [3.63, 3.8) is 0 Å². The lowest BCUT2D eigenvalue weighted by molar-refractivity contribution is -0.118. The highest BCUT2D eigenvalue weighted by molar-refractivity contribution is 7.99. The van der Waals surface area contributed by atoms with Crippen LogP contribution in [-0.2, 0) is 10.5 Å². The van der Waals surface area contributed by atoms with Gasteiger partial charge >= 0.3 is 0 Å². The molecule has 0 spiro atoms. The Labute approximate surface area is 172 Å². The lowest BCUT2D eigenvalue weighted by Crippen LogP contribution is -2.48. The summed E-state index contributed by atoms with van der Waals surface area (Å²) in [5.41, 5.74) is 2.50. The summed E-state index contributed by atoms with van der Waals surface area (Å²) in [6.45, 7) is 5.68. The predicted molar refractivity (Wildman–Crippen MR) is 117 cm³/mol. The van der Waals surface area contributed by atoms with Crippen LogP contribution in [0.4, 0.5) is 5.69 Å². The molecule has 1 saturated heterocycles. The van der Waals surface area contributed by atoms with Gasteiger partial charge in [0.2, 0.25) is 5.91 Å². The van der Waals surface area contributed by atoms with Crippen LogP contribution in [0.3, 0.4) is 0 Å². The number of benzene rings is 2. The maximum Gasteiger partial charge on any atom is 0.230 e. The molecule has 3 rings (SSSR count). The summed E-state index contributed by atoms with van der Waals surface area (Å²) in [7, 11) is 1.69. The van der Waals surface area contributed by atoms with Gasteiger partial charge in [0.1, 0.15) is 5.75 Å². The van der Waals surface area contributed by atoms with Crippen molar-refractivity contribution in [2.75, 3.05) is 57.0 Å². The van der Waals surface area contributed by atoms with E-state index in [2.05, 4.69) is 39.4 Å². The number of nitrogens with one attached hydrogen (secondary N) is 1. The van der Waals surface area contributed by atoms with Gasteiger partial charge < -0.3 is 15.0 Å². The van der Waals surface area contributed by atoms with Crippen molar-refractivity contribution < 1.29 is 9.53 Å². The van der Waals surface area contributed by atoms with Crippen LogP contribution >= 0.6 is 11.8 Å². The number of methoxy groups -OCH3 is 1. The van der Waals surface area contributed by atoms with Crippen molar-refractivity contribution >= 4 is 23.4 Å². The zero-order valence-electron chi connectivity index (χ0n) is 16.5. The summed E-state index contributed by atoms with van der Waals surface area (Å²) < 4.78 is 5.22. The van der Waals surface area contributed by atoms with Crippen LogP contribution in [0, 0.1) is 0 Å². The zero-order valence-corrected chi connectivity index (χ0v) is 17.3. The molecule has 1 amide bonds. The van der Waals surface area contributed by atoms with E-state index >= 15 is 0 Å². The van der Waals surface area contributed by atoms with Crippen molar-refractivity contribution in [2.24, 2.45) is 0 Å². The van der Waals surface area contributed by atoms with E-state index in [1.54, 1.807) is 18.9 Å². The fourth-order valence-electron chi connectivity index (χ4n) is 3.26. The van der Waals surface area contributed by atoms with Gasteiger partial charge in [0.15, 0.2) is 0 Å². The molecule has 0 radical (unpaired) electrons. The molecule has 6 heteroatoms. The molecule has 1 aliphatic heterocycles. The summed E-state index contributed by atoms with van der Waals surface area (Å²) >= 11 is 1.66. The van der Waals surface area contributed by atoms with Gasteiger partial charge in [0.25, 0.3) is 0 Å². The molecular formula is C22H29N3O2S. The molecule has 1 N–H and O–H groups in total. The standard InChI is InChI=1S/C22H29N3O2S/c1-27-21-9-7-20(8-10-21)25-15-13-24(14-16-25)12-11-23-22(26)18-28-17-19-5-3-2-4-6-19/h2-10H,11-18H2,1H3,(H,23,26). The van der Waals surface area contributed by atoms with E-state index in [0.717, 1.165) is 44.2 Å². The van der Waals surface area contributed by atoms with Crippen LogP contribution < -0.4 is 15.0 Å². The van der Waals surface area contributed by atoms with Crippen molar-refractivity contribution in [2.45, 2.75) is 5.75 Å². The number of piperazine rings is 1. The van der Waals surface area contributed by atoms with Crippen LogP contribution in [0.25, 0.3) is 0 Å². The first kappa shape index (κ1) is 20.6. The predicted octanol–water partition coefficient (Wildman–Crippen LogP) is 2.87. The van der Waals surface area contributed by atoms with Crippen LogP contribution in [0.1, 0.15) is 5.56 Å². The number of ether oxygens (including phenoxy) is 1. The first-order chi connectivity index (χ1) is 13.7. The Hall–Kier alpha value is -2.18. The molecule has 2 aromatic rings. The van der Waals surface area contributed by atoms with Crippen molar-refractivity contribution in [1.29, 1.82) is 0 Å². The Morgan fingerprint density at radius 1 is 1.04 bits per heavy atom. The quantitative estimate of drug-likeness (QED) is 0.703. The van der Waals surface area contributed by atoms with Gasteiger partial charge in [-0.1, -0.05) is 30.3 Å². The summed E-state index contributed by atoms with van der Waals surface area (Å²) in [5.74, 6) is 2.40. The molecule has 0 saturated carbocycles. The second-order valence-corrected chi connectivity index (χ2v) is 7.84. The summed E-state index contributed by atoms with van der Waals surface area (Å²) in [6.07, 6.45) is 0. The number of anilines is 1. The van der Waals surface area contributed by atoms with E-state index in [-0.39, 0.29) is 5.91 Å². The molecule has 1 fully saturated rings. The van der Waals surface area contributed by atoms with Gasteiger partial charge in [0.05, 0.1) is 12.9 Å². The van der Waals surface area contributed by atoms with Crippen LogP contribution in [0.2, 0.25) is 0 Å². The monoisotopic (exact) mass is 399 g/mol. The molecule has 1 heterocycles. The first-order valence-corrected chi connectivity index (χ1v) is 10.9. The smallest absolute Gasteiger partial charge is 0.230 e. The normalized spacial score (nSPS) is 14.7. The summed E-state index contributed by atoms with van der Waals surface area (Å²) in [6, 6.07) is 18.5. The minimum absolute atomic E-state index is 0.123. The van der Waals surface area contributed by atoms with Gasteiger partial charge in [0, 0.05) is 50.7 Å². The average Bonchev–Trinajstić information content (AvgIpc) is 2.75. The average molecular weight is 400 g/mol. The Bertz CT molecular complexity index is 716. The van der Waals surface area contributed by atoms with E-state index < -0.39 is 0 Å². The van der Waals surface area contributed by atoms with Gasteiger partial charge in [-0.05, 0) is 29.8 Å². The highest BCUT2D eigenvalue weighted by atomic mass is 32.2. The van der Waals surface area contributed by atoms with Crippen molar-refractivity contribution in [3.8, 4) is 5.75 Å². The number of carbonyl (C=O) groups is 1. The van der Waals surface area contributed by atoms with E-state index in [9.17, 15) is 4.79 Å². The molecule has 2 aromatic carbocycles. The summed E-state index contributed by atoms with van der Waals surface area (Å²) in [5, 5.41) is 3.04. The Balaban J connectivity index is 1.28. The minimum atomic E-state index is 0.123. The fourth-order valence-corrected chi connectivity index (χ4v) is 4.08. The first-order valence-electron chi connectivity index (χ1n) is 9.74. The Morgan fingerprint density at radius 3 is 2.43 bits per heavy atom.